The lowest BCUT2D eigenvalue weighted by molar-refractivity contribution is -0.142. The van der Waals surface area contributed by atoms with Gasteiger partial charge in [0.25, 0.3) is 0 Å². The third kappa shape index (κ3) is 4.91. The Morgan fingerprint density at radius 3 is 2.35 bits per heavy atom. The molecule has 1 atom stereocenters. The maximum absolute atomic E-state index is 11.9. The summed E-state index contributed by atoms with van der Waals surface area (Å²) in [6, 6.07) is 11.1. The van der Waals surface area contributed by atoms with Crippen LogP contribution in [0.25, 0.3) is 0 Å². The molecule has 26 heavy (non-hydrogen) atoms. The van der Waals surface area contributed by atoms with Crippen LogP contribution in [0.15, 0.2) is 36.4 Å². The van der Waals surface area contributed by atoms with Gasteiger partial charge in [0.2, 0.25) is 0 Å². The maximum Gasteiger partial charge on any atom is 0.343 e. The van der Waals surface area contributed by atoms with Crippen LogP contribution < -0.4 is 4.74 Å². The van der Waals surface area contributed by atoms with Gasteiger partial charge in [0.05, 0.1) is 12.1 Å². The number of rotatable bonds is 3. The van der Waals surface area contributed by atoms with Gasteiger partial charge >= 0.3 is 5.97 Å². The third-order valence-corrected chi connectivity index (χ3v) is 4.88. The first kappa shape index (κ1) is 20.6. The van der Waals surface area contributed by atoms with E-state index in [1.165, 1.54) is 7.11 Å². The third-order valence-electron chi connectivity index (χ3n) is 3.78. The van der Waals surface area contributed by atoms with Crippen LogP contribution in [-0.2, 0) is 16.0 Å². The molecule has 1 aliphatic carbocycles. The van der Waals surface area contributed by atoms with Crippen LogP contribution in [0.3, 0.4) is 0 Å². The molecule has 138 valence electrons. The number of carbonyl (C=O) groups is 2. The Kier molecular flexibility index (Phi) is 7.33. The number of esters is 1. The molecular formula is C19H17Cl3O4. The van der Waals surface area contributed by atoms with Gasteiger partial charge in [0.1, 0.15) is 10.8 Å². The van der Waals surface area contributed by atoms with E-state index in [-0.39, 0.29) is 34.1 Å². The highest BCUT2D eigenvalue weighted by molar-refractivity contribution is 6.45. The fraction of sp³-hybridized carbons (Fsp3) is 0.263. The summed E-state index contributed by atoms with van der Waals surface area (Å²) in [6.07, 6.45) is 0.597. The van der Waals surface area contributed by atoms with Crippen molar-refractivity contribution in [1.82, 2.24) is 0 Å². The second-order valence-corrected chi connectivity index (χ2v) is 6.86. The number of carbonyl (C=O) groups excluding carboxylic acids is 2. The minimum absolute atomic E-state index is 0.0126. The molecule has 1 aliphatic rings. The van der Waals surface area contributed by atoms with Crippen molar-refractivity contribution in [2.45, 2.75) is 13.3 Å². The van der Waals surface area contributed by atoms with Gasteiger partial charge in [0.15, 0.2) is 12.4 Å². The molecule has 0 saturated heterocycles. The van der Waals surface area contributed by atoms with Crippen molar-refractivity contribution in [2.24, 2.45) is 5.92 Å². The minimum atomic E-state index is -0.517. The molecule has 0 aliphatic heterocycles. The lowest BCUT2D eigenvalue weighted by Gasteiger charge is -2.11. The van der Waals surface area contributed by atoms with Gasteiger partial charge in [0, 0.05) is 16.5 Å². The molecule has 4 nitrogen and oxygen atoms in total. The molecule has 2 aromatic rings. The molecule has 0 spiro atoms. The minimum Gasteiger partial charge on any atom is -0.480 e. The van der Waals surface area contributed by atoms with E-state index in [9.17, 15) is 9.59 Å². The van der Waals surface area contributed by atoms with E-state index in [0.717, 1.165) is 10.6 Å². The predicted molar refractivity (Wildman–Crippen MR) is 103 cm³/mol. The monoisotopic (exact) mass is 414 g/mol. The number of ketones is 1. The van der Waals surface area contributed by atoms with Crippen molar-refractivity contribution in [3.63, 3.8) is 0 Å². The van der Waals surface area contributed by atoms with Crippen LogP contribution in [0.5, 0.6) is 5.75 Å². The topological polar surface area (TPSA) is 52.6 Å². The zero-order chi connectivity index (χ0) is 19.3. The number of hydrogen-bond donors (Lipinski definition) is 0. The molecule has 0 fully saturated rings. The van der Waals surface area contributed by atoms with Crippen molar-refractivity contribution < 1.29 is 19.1 Å². The van der Waals surface area contributed by atoms with Crippen molar-refractivity contribution in [3.05, 3.63) is 62.6 Å². The van der Waals surface area contributed by atoms with Crippen LogP contribution in [0.4, 0.5) is 0 Å². The van der Waals surface area contributed by atoms with E-state index in [0.29, 0.717) is 12.0 Å². The quantitative estimate of drug-likeness (QED) is 0.642. The van der Waals surface area contributed by atoms with Crippen LogP contribution in [-0.4, -0.2) is 25.5 Å². The van der Waals surface area contributed by atoms with E-state index in [1.807, 2.05) is 37.3 Å². The lowest BCUT2D eigenvalue weighted by Crippen LogP contribution is -2.13. The summed E-state index contributed by atoms with van der Waals surface area (Å²) in [6.45, 7) is 1.58. The number of methoxy groups -OCH3 is 1. The number of benzene rings is 2. The van der Waals surface area contributed by atoms with Gasteiger partial charge in [-0.15, -0.1) is 0 Å². The Hall–Kier alpha value is -1.75. The molecule has 0 amide bonds. The average Bonchev–Trinajstić information content (AvgIpc) is 2.92. The van der Waals surface area contributed by atoms with Crippen LogP contribution >= 0.6 is 34.8 Å². The van der Waals surface area contributed by atoms with Crippen molar-refractivity contribution in [2.75, 3.05) is 13.7 Å². The first-order valence-corrected chi connectivity index (χ1v) is 8.93. The molecule has 7 heteroatoms. The summed E-state index contributed by atoms with van der Waals surface area (Å²) in [5.41, 5.74) is 1.26. The van der Waals surface area contributed by atoms with Gasteiger partial charge in [-0.2, -0.15) is 0 Å². The molecular weight excluding hydrogens is 399 g/mol. The Balaban J connectivity index is 0.000000290. The highest BCUT2D eigenvalue weighted by Gasteiger charge is 2.32. The largest absolute Gasteiger partial charge is 0.480 e. The van der Waals surface area contributed by atoms with Crippen molar-refractivity contribution in [1.29, 1.82) is 0 Å². The highest BCUT2D eigenvalue weighted by atomic mass is 35.5. The Labute approximate surface area is 167 Å². The summed E-state index contributed by atoms with van der Waals surface area (Å²) in [5, 5.41) is 1.13. The molecule has 0 bridgehead atoms. The van der Waals surface area contributed by atoms with Crippen molar-refractivity contribution >= 4 is 46.6 Å². The second kappa shape index (κ2) is 9.26. The van der Waals surface area contributed by atoms with E-state index in [4.69, 9.17) is 39.5 Å². The Morgan fingerprint density at radius 2 is 1.81 bits per heavy atom. The smallest absolute Gasteiger partial charge is 0.343 e. The molecule has 0 N–H and O–H groups in total. The zero-order valence-corrected chi connectivity index (χ0v) is 16.5. The van der Waals surface area contributed by atoms with Gasteiger partial charge < -0.3 is 9.47 Å². The van der Waals surface area contributed by atoms with E-state index in [2.05, 4.69) is 4.74 Å². The second-order valence-electron chi connectivity index (χ2n) is 5.67. The van der Waals surface area contributed by atoms with Crippen LogP contribution in [0.1, 0.15) is 22.8 Å². The van der Waals surface area contributed by atoms with Crippen molar-refractivity contribution in [3.8, 4) is 5.75 Å². The molecule has 1 unspecified atom stereocenters. The van der Waals surface area contributed by atoms with E-state index in [1.54, 1.807) is 6.07 Å². The van der Waals surface area contributed by atoms with E-state index < -0.39 is 5.97 Å². The first-order chi connectivity index (χ1) is 12.3. The fourth-order valence-corrected chi connectivity index (χ4v) is 3.12. The summed E-state index contributed by atoms with van der Waals surface area (Å²) < 4.78 is 9.74. The number of fused-ring (bicyclic) bond motifs is 1. The van der Waals surface area contributed by atoms with Gasteiger partial charge in [-0.1, -0.05) is 59.9 Å². The normalized spacial score (nSPS) is 15.0. The number of hydrogen-bond acceptors (Lipinski definition) is 4. The molecule has 0 radical (unpaired) electrons. The fourth-order valence-electron chi connectivity index (χ4n) is 2.46. The van der Waals surface area contributed by atoms with E-state index >= 15 is 0 Å². The Morgan fingerprint density at radius 1 is 1.15 bits per heavy atom. The number of ether oxygens (including phenoxy) is 2. The summed E-state index contributed by atoms with van der Waals surface area (Å²) in [5.74, 6) is -0.351. The molecule has 2 aromatic carbocycles. The number of halogens is 3. The van der Waals surface area contributed by atoms with Gasteiger partial charge in [-0.05, 0) is 30.2 Å². The number of Topliss-reactive ketones (excluding diaryl/α,β-unsaturated/α-hetero) is 1. The lowest BCUT2D eigenvalue weighted by atomic mass is 10.1. The van der Waals surface area contributed by atoms with Crippen LogP contribution in [0.2, 0.25) is 15.1 Å². The summed E-state index contributed by atoms with van der Waals surface area (Å²) in [7, 11) is 1.27. The average molecular weight is 416 g/mol. The van der Waals surface area contributed by atoms with Gasteiger partial charge in [-0.25, -0.2) is 4.79 Å². The predicted octanol–water partition coefficient (Wildman–Crippen LogP) is 5.26. The molecule has 0 heterocycles. The maximum atomic E-state index is 11.9. The summed E-state index contributed by atoms with van der Waals surface area (Å²) >= 11 is 17.7. The Bertz CT molecular complexity index is 806. The molecule has 0 aromatic heterocycles. The first-order valence-electron chi connectivity index (χ1n) is 7.80. The molecule has 3 rings (SSSR count). The SMILES string of the molecule is COC(=O)COc1cc2c(c(Cl)c1Cl)C(=O)C(C)C2.Clc1ccccc1. The van der Waals surface area contributed by atoms with Crippen LogP contribution in [0, 0.1) is 5.92 Å². The standard InChI is InChI=1S/C13H12Cl2O4.C6H5Cl/c1-6-3-7-4-8(19-5-9(16)18-2)11(14)12(15)10(7)13(6)17;7-6-4-2-1-3-5-6/h4,6H,3,5H2,1-2H3;1-5H. The molecule has 0 saturated carbocycles. The zero-order valence-electron chi connectivity index (χ0n) is 14.2. The van der Waals surface area contributed by atoms with Gasteiger partial charge in [-0.3, -0.25) is 4.79 Å². The summed E-state index contributed by atoms with van der Waals surface area (Å²) in [4.78, 5) is 23.0. The highest BCUT2D eigenvalue weighted by Crippen LogP contribution is 2.42.